The van der Waals surface area contributed by atoms with Gasteiger partial charge in [-0.25, -0.2) is 4.39 Å². The van der Waals surface area contributed by atoms with Crippen molar-refractivity contribution in [2.24, 2.45) is 0 Å². The molecule has 3 rings (SSSR count). The van der Waals surface area contributed by atoms with Crippen LogP contribution in [0.3, 0.4) is 0 Å². The van der Waals surface area contributed by atoms with E-state index in [1.54, 1.807) is 17.4 Å². The van der Waals surface area contributed by atoms with E-state index >= 15 is 0 Å². The second-order valence-corrected chi connectivity index (χ2v) is 6.38. The Balaban J connectivity index is 1.56. The van der Waals surface area contributed by atoms with Crippen LogP contribution in [0.2, 0.25) is 0 Å². The molecule has 0 aliphatic carbocycles. The quantitative estimate of drug-likeness (QED) is 0.883. The zero-order valence-electron chi connectivity index (χ0n) is 12.6. The van der Waals surface area contributed by atoms with Crippen molar-refractivity contribution in [2.45, 2.75) is 32.4 Å². The van der Waals surface area contributed by atoms with Gasteiger partial charge in [-0.2, -0.15) is 11.3 Å². The van der Waals surface area contributed by atoms with Gasteiger partial charge in [0.2, 0.25) is 0 Å². The molecule has 0 fully saturated rings. The van der Waals surface area contributed by atoms with Crippen LogP contribution >= 0.6 is 11.3 Å². The maximum Gasteiger partial charge on any atom is 0.189 e. The molecule has 0 amide bonds. The highest BCUT2D eigenvalue weighted by molar-refractivity contribution is 7.07. The lowest BCUT2D eigenvalue weighted by Gasteiger charge is -2.21. The molecule has 1 aromatic carbocycles. The van der Waals surface area contributed by atoms with E-state index < -0.39 is 0 Å². The summed E-state index contributed by atoms with van der Waals surface area (Å²) in [7, 11) is 0. The molecule has 22 heavy (non-hydrogen) atoms. The molecule has 0 saturated carbocycles. The minimum atomic E-state index is -0.228. The van der Waals surface area contributed by atoms with Crippen molar-refractivity contribution in [3.05, 3.63) is 51.5 Å². The summed E-state index contributed by atoms with van der Waals surface area (Å²) in [4.78, 5) is 0. The number of ether oxygens (including phenoxy) is 2. The molecule has 1 aliphatic heterocycles. The maximum atomic E-state index is 13.7. The van der Waals surface area contributed by atoms with Crippen molar-refractivity contribution in [3.63, 3.8) is 0 Å². The number of hydrogen-bond donors (Lipinski definition) is 1. The summed E-state index contributed by atoms with van der Waals surface area (Å²) < 4.78 is 24.4. The van der Waals surface area contributed by atoms with E-state index in [1.165, 1.54) is 11.6 Å². The predicted molar refractivity (Wildman–Crippen MR) is 85.9 cm³/mol. The molecular formula is C17H20FNO2S. The standard InChI is InChI=1S/C17H20FNO2S/c1-12(6-13-3-5-22-10-13)19-4-2-14-7-16(18)8-15-9-20-11-21-17(14)15/h3,5,7-8,10,12,19H,2,4,6,9,11H2,1H3. The molecule has 1 aliphatic rings. The molecule has 1 atom stereocenters. The minimum absolute atomic E-state index is 0.228. The summed E-state index contributed by atoms with van der Waals surface area (Å²) in [5.41, 5.74) is 3.06. The fourth-order valence-electron chi connectivity index (χ4n) is 2.73. The first-order valence-electron chi connectivity index (χ1n) is 7.48. The van der Waals surface area contributed by atoms with Crippen LogP contribution in [0.4, 0.5) is 4.39 Å². The van der Waals surface area contributed by atoms with Crippen LogP contribution in [0.1, 0.15) is 23.6 Å². The Hall–Kier alpha value is -1.43. The van der Waals surface area contributed by atoms with Crippen molar-refractivity contribution in [3.8, 4) is 5.75 Å². The largest absolute Gasteiger partial charge is 0.467 e. The zero-order chi connectivity index (χ0) is 15.4. The Kier molecular flexibility index (Phi) is 5.08. The van der Waals surface area contributed by atoms with Crippen molar-refractivity contribution in [1.82, 2.24) is 5.32 Å². The monoisotopic (exact) mass is 321 g/mol. The molecule has 1 N–H and O–H groups in total. The van der Waals surface area contributed by atoms with E-state index in [9.17, 15) is 4.39 Å². The predicted octanol–water partition coefficient (Wildman–Crippen LogP) is 3.52. The summed E-state index contributed by atoms with van der Waals surface area (Å²) >= 11 is 1.72. The van der Waals surface area contributed by atoms with E-state index in [-0.39, 0.29) is 12.6 Å². The van der Waals surface area contributed by atoms with Gasteiger partial charge in [-0.1, -0.05) is 0 Å². The number of nitrogens with one attached hydrogen (secondary N) is 1. The molecule has 2 aromatic rings. The Bertz CT molecular complexity index is 615. The smallest absolute Gasteiger partial charge is 0.189 e. The highest BCUT2D eigenvalue weighted by Gasteiger charge is 2.16. The van der Waals surface area contributed by atoms with Gasteiger partial charge in [-0.3, -0.25) is 0 Å². The van der Waals surface area contributed by atoms with Crippen LogP contribution in [0.25, 0.3) is 0 Å². The normalized spacial score (nSPS) is 15.2. The number of thiophene rings is 1. The van der Waals surface area contributed by atoms with Crippen molar-refractivity contribution in [1.29, 1.82) is 0 Å². The van der Waals surface area contributed by atoms with Gasteiger partial charge in [0, 0.05) is 11.6 Å². The summed E-state index contributed by atoms with van der Waals surface area (Å²) in [6.07, 6.45) is 1.75. The number of hydrogen-bond acceptors (Lipinski definition) is 4. The molecule has 0 saturated heterocycles. The lowest BCUT2D eigenvalue weighted by Crippen LogP contribution is -2.30. The molecular weight excluding hydrogens is 301 g/mol. The van der Waals surface area contributed by atoms with Crippen LogP contribution in [-0.4, -0.2) is 19.4 Å². The summed E-state index contributed by atoms with van der Waals surface area (Å²) in [6, 6.07) is 5.60. The van der Waals surface area contributed by atoms with Crippen LogP contribution in [0, 0.1) is 5.82 Å². The van der Waals surface area contributed by atoms with Gasteiger partial charge in [-0.15, -0.1) is 0 Å². The lowest BCUT2D eigenvalue weighted by molar-refractivity contribution is -0.0172. The van der Waals surface area contributed by atoms with Gasteiger partial charge < -0.3 is 14.8 Å². The summed E-state index contributed by atoms with van der Waals surface area (Å²) in [5.74, 6) is 0.564. The van der Waals surface area contributed by atoms with Gasteiger partial charge in [0.05, 0.1) is 6.61 Å². The molecule has 0 spiro atoms. The van der Waals surface area contributed by atoms with E-state index in [4.69, 9.17) is 9.47 Å². The molecule has 1 aromatic heterocycles. The van der Waals surface area contributed by atoms with Crippen LogP contribution in [-0.2, 0) is 24.2 Å². The summed E-state index contributed by atoms with van der Waals surface area (Å²) in [5, 5.41) is 7.76. The second-order valence-electron chi connectivity index (χ2n) is 5.60. The first kappa shape index (κ1) is 15.5. The van der Waals surface area contributed by atoms with Crippen molar-refractivity contribution >= 4 is 11.3 Å². The molecule has 118 valence electrons. The third-order valence-corrected chi connectivity index (χ3v) is 4.49. The topological polar surface area (TPSA) is 30.5 Å². The Morgan fingerprint density at radius 1 is 1.41 bits per heavy atom. The Labute approximate surface area is 134 Å². The minimum Gasteiger partial charge on any atom is -0.467 e. The van der Waals surface area contributed by atoms with Gasteiger partial charge in [-0.05, 0) is 66.4 Å². The van der Waals surface area contributed by atoms with E-state index in [0.717, 1.165) is 36.3 Å². The number of fused-ring (bicyclic) bond motifs is 1. The van der Waals surface area contributed by atoms with Gasteiger partial charge in [0.15, 0.2) is 6.79 Å². The Morgan fingerprint density at radius 3 is 3.14 bits per heavy atom. The molecule has 0 radical (unpaired) electrons. The van der Waals surface area contributed by atoms with E-state index in [1.807, 2.05) is 0 Å². The molecule has 3 nitrogen and oxygen atoms in total. The molecule has 2 heterocycles. The number of benzene rings is 1. The van der Waals surface area contributed by atoms with Gasteiger partial charge in [0.25, 0.3) is 0 Å². The first-order valence-corrected chi connectivity index (χ1v) is 8.43. The van der Waals surface area contributed by atoms with Crippen LogP contribution in [0.15, 0.2) is 29.0 Å². The van der Waals surface area contributed by atoms with Crippen molar-refractivity contribution in [2.75, 3.05) is 13.3 Å². The second kappa shape index (κ2) is 7.22. The van der Waals surface area contributed by atoms with Gasteiger partial charge in [0.1, 0.15) is 11.6 Å². The highest BCUT2D eigenvalue weighted by Crippen LogP contribution is 2.29. The van der Waals surface area contributed by atoms with Crippen LogP contribution in [0.5, 0.6) is 5.75 Å². The Morgan fingerprint density at radius 2 is 2.32 bits per heavy atom. The van der Waals surface area contributed by atoms with E-state index in [2.05, 4.69) is 29.1 Å². The third-order valence-electron chi connectivity index (χ3n) is 3.76. The average molecular weight is 321 g/mol. The average Bonchev–Trinajstić information content (AvgIpc) is 3.00. The zero-order valence-corrected chi connectivity index (χ0v) is 13.4. The third kappa shape index (κ3) is 3.85. The summed E-state index contributed by atoms with van der Waals surface area (Å²) in [6.45, 7) is 3.63. The SMILES string of the molecule is CC(Cc1ccsc1)NCCc1cc(F)cc2c1OCOC2. The molecule has 1 unspecified atom stereocenters. The molecule has 5 heteroatoms. The highest BCUT2D eigenvalue weighted by atomic mass is 32.1. The molecule has 0 bridgehead atoms. The number of halogens is 1. The van der Waals surface area contributed by atoms with Crippen LogP contribution < -0.4 is 10.1 Å². The van der Waals surface area contributed by atoms with Crippen molar-refractivity contribution < 1.29 is 13.9 Å². The first-order chi connectivity index (χ1) is 10.7. The fraction of sp³-hybridized carbons (Fsp3) is 0.412. The lowest BCUT2D eigenvalue weighted by atomic mass is 10.0. The van der Waals surface area contributed by atoms with Gasteiger partial charge >= 0.3 is 0 Å². The fourth-order valence-corrected chi connectivity index (χ4v) is 3.41. The maximum absolute atomic E-state index is 13.7. The number of rotatable bonds is 6. The van der Waals surface area contributed by atoms with E-state index in [0.29, 0.717) is 12.6 Å².